The van der Waals surface area contributed by atoms with Gasteiger partial charge in [-0.15, -0.1) is 10.2 Å². The lowest BCUT2D eigenvalue weighted by atomic mass is 10.1. The molecule has 0 N–H and O–H groups in total. The molecule has 0 amide bonds. The number of benzene rings is 1. The van der Waals surface area contributed by atoms with Crippen LogP contribution in [0.5, 0.6) is 0 Å². The molecule has 0 bridgehead atoms. The van der Waals surface area contributed by atoms with E-state index in [1.54, 1.807) is 0 Å². The van der Waals surface area contributed by atoms with Crippen LogP contribution in [0.2, 0.25) is 0 Å². The number of ether oxygens (including phenoxy) is 1. The molecule has 20 heavy (non-hydrogen) atoms. The molecule has 104 valence electrons. The second-order valence-electron chi connectivity index (χ2n) is 5.16. The number of rotatable bonds is 2. The normalized spacial score (nSPS) is 22.8. The molecule has 1 saturated heterocycles. The third kappa shape index (κ3) is 2.63. The van der Waals surface area contributed by atoms with Crippen molar-refractivity contribution in [1.82, 2.24) is 15.2 Å². The van der Waals surface area contributed by atoms with Gasteiger partial charge in [-0.25, -0.2) is 4.98 Å². The molecule has 1 aliphatic heterocycles. The van der Waals surface area contributed by atoms with E-state index < -0.39 is 0 Å². The molecule has 1 aliphatic rings. The number of aromatic nitrogens is 3. The van der Waals surface area contributed by atoms with Crippen LogP contribution in [0.25, 0.3) is 11.3 Å². The quantitative estimate of drug-likeness (QED) is 0.837. The van der Waals surface area contributed by atoms with E-state index in [0.29, 0.717) is 0 Å². The fourth-order valence-corrected chi connectivity index (χ4v) is 2.63. The summed E-state index contributed by atoms with van der Waals surface area (Å²) in [6.45, 7) is 5.78. The van der Waals surface area contributed by atoms with Gasteiger partial charge in [0, 0.05) is 18.7 Å². The topological polar surface area (TPSA) is 51.1 Å². The van der Waals surface area contributed by atoms with Crippen molar-refractivity contribution in [1.29, 1.82) is 0 Å². The first-order valence-electron chi connectivity index (χ1n) is 6.87. The van der Waals surface area contributed by atoms with Crippen LogP contribution in [0.3, 0.4) is 0 Å². The summed E-state index contributed by atoms with van der Waals surface area (Å²) in [5, 5.41) is 8.26. The summed E-state index contributed by atoms with van der Waals surface area (Å²) in [6.07, 6.45) is 1.87. The average molecular weight is 270 g/mol. The zero-order valence-electron chi connectivity index (χ0n) is 11.7. The molecule has 2 aromatic rings. The van der Waals surface area contributed by atoms with E-state index >= 15 is 0 Å². The van der Waals surface area contributed by atoms with Crippen molar-refractivity contribution in [2.75, 3.05) is 18.0 Å². The molecule has 5 nitrogen and oxygen atoms in total. The van der Waals surface area contributed by atoms with E-state index in [1.165, 1.54) is 6.33 Å². The van der Waals surface area contributed by atoms with Crippen molar-refractivity contribution < 1.29 is 4.74 Å². The van der Waals surface area contributed by atoms with E-state index in [0.717, 1.165) is 30.2 Å². The van der Waals surface area contributed by atoms with Gasteiger partial charge in [-0.1, -0.05) is 30.3 Å². The summed E-state index contributed by atoms with van der Waals surface area (Å²) in [5.41, 5.74) is 1.94. The Morgan fingerprint density at radius 2 is 1.80 bits per heavy atom. The largest absolute Gasteiger partial charge is 0.372 e. The minimum absolute atomic E-state index is 0.185. The molecule has 2 unspecified atom stereocenters. The first-order valence-corrected chi connectivity index (χ1v) is 6.87. The fourth-order valence-electron chi connectivity index (χ4n) is 2.63. The number of morpholine rings is 1. The molecule has 0 spiro atoms. The van der Waals surface area contributed by atoms with Crippen LogP contribution < -0.4 is 4.90 Å². The van der Waals surface area contributed by atoms with E-state index in [9.17, 15) is 0 Å². The van der Waals surface area contributed by atoms with Gasteiger partial charge in [0.15, 0.2) is 5.82 Å². The molecular formula is C15H18N4O. The van der Waals surface area contributed by atoms with Crippen LogP contribution in [-0.2, 0) is 4.74 Å². The Morgan fingerprint density at radius 3 is 2.50 bits per heavy atom. The number of hydrogen-bond acceptors (Lipinski definition) is 5. The molecule has 5 heteroatoms. The Balaban J connectivity index is 1.98. The molecule has 1 aromatic heterocycles. The lowest BCUT2D eigenvalue weighted by molar-refractivity contribution is -0.00548. The van der Waals surface area contributed by atoms with E-state index in [-0.39, 0.29) is 12.2 Å². The highest BCUT2D eigenvalue weighted by atomic mass is 16.5. The monoisotopic (exact) mass is 270 g/mol. The summed E-state index contributed by atoms with van der Waals surface area (Å²) in [6, 6.07) is 10.1. The maximum atomic E-state index is 5.77. The predicted molar refractivity (Wildman–Crippen MR) is 77.5 cm³/mol. The molecule has 2 heterocycles. The zero-order chi connectivity index (χ0) is 13.9. The van der Waals surface area contributed by atoms with Gasteiger partial charge in [0.2, 0.25) is 0 Å². The SMILES string of the molecule is CC1CN(c2nncnc2-c2ccccc2)CC(C)O1. The van der Waals surface area contributed by atoms with Gasteiger partial charge in [-0.05, 0) is 13.8 Å². The highest BCUT2D eigenvalue weighted by Crippen LogP contribution is 2.27. The maximum absolute atomic E-state index is 5.77. The molecule has 0 saturated carbocycles. The summed E-state index contributed by atoms with van der Waals surface area (Å²) in [4.78, 5) is 6.63. The standard InChI is InChI=1S/C15H18N4O/c1-11-8-19(9-12(2)20-11)15-14(16-10-17-18-15)13-6-4-3-5-7-13/h3-7,10-12H,8-9H2,1-2H3. The van der Waals surface area contributed by atoms with Gasteiger partial charge in [0.05, 0.1) is 12.2 Å². The van der Waals surface area contributed by atoms with Crippen LogP contribution in [0.4, 0.5) is 5.82 Å². The van der Waals surface area contributed by atoms with Crippen molar-refractivity contribution in [2.24, 2.45) is 0 Å². The first kappa shape index (κ1) is 13.0. The summed E-state index contributed by atoms with van der Waals surface area (Å²) in [5.74, 6) is 0.834. The third-order valence-electron chi connectivity index (χ3n) is 3.37. The molecule has 0 radical (unpaired) electrons. The van der Waals surface area contributed by atoms with Gasteiger partial charge in [0.1, 0.15) is 12.0 Å². The molecule has 1 fully saturated rings. The summed E-state index contributed by atoms with van der Waals surface area (Å²) >= 11 is 0. The van der Waals surface area contributed by atoms with Crippen molar-refractivity contribution >= 4 is 5.82 Å². The molecule has 1 aromatic carbocycles. The fraction of sp³-hybridized carbons (Fsp3) is 0.400. The zero-order valence-corrected chi connectivity index (χ0v) is 11.7. The van der Waals surface area contributed by atoms with Crippen molar-refractivity contribution in [3.63, 3.8) is 0 Å². The van der Waals surface area contributed by atoms with Crippen LogP contribution in [0.15, 0.2) is 36.7 Å². The second kappa shape index (κ2) is 5.54. The Labute approximate surface area is 118 Å². The van der Waals surface area contributed by atoms with Crippen LogP contribution in [0, 0.1) is 0 Å². The van der Waals surface area contributed by atoms with Crippen LogP contribution in [-0.4, -0.2) is 40.5 Å². The lowest BCUT2D eigenvalue weighted by Gasteiger charge is -2.36. The molecular weight excluding hydrogens is 252 g/mol. The molecule has 0 aliphatic carbocycles. The Hall–Kier alpha value is -2.01. The van der Waals surface area contributed by atoms with Gasteiger partial charge in [-0.2, -0.15) is 0 Å². The average Bonchev–Trinajstić information content (AvgIpc) is 2.47. The second-order valence-corrected chi connectivity index (χ2v) is 5.16. The van der Waals surface area contributed by atoms with Crippen LogP contribution in [0.1, 0.15) is 13.8 Å². The first-order chi connectivity index (χ1) is 9.74. The minimum Gasteiger partial charge on any atom is -0.372 e. The van der Waals surface area contributed by atoms with Gasteiger partial charge >= 0.3 is 0 Å². The highest BCUT2D eigenvalue weighted by molar-refractivity contribution is 5.71. The van der Waals surface area contributed by atoms with E-state index in [1.807, 2.05) is 30.3 Å². The number of nitrogens with zero attached hydrogens (tertiary/aromatic N) is 4. The molecule has 3 rings (SSSR count). The smallest absolute Gasteiger partial charge is 0.178 e. The number of anilines is 1. The van der Waals surface area contributed by atoms with E-state index in [4.69, 9.17) is 4.74 Å². The molecule has 2 atom stereocenters. The van der Waals surface area contributed by atoms with Gasteiger partial charge < -0.3 is 9.64 Å². The van der Waals surface area contributed by atoms with Crippen molar-refractivity contribution in [2.45, 2.75) is 26.1 Å². The van der Waals surface area contributed by atoms with Gasteiger partial charge in [-0.3, -0.25) is 0 Å². The minimum atomic E-state index is 0.185. The maximum Gasteiger partial charge on any atom is 0.178 e. The van der Waals surface area contributed by atoms with Gasteiger partial charge in [0.25, 0.3) is 0 Å². The number of hydrogen-bond donors (Lipinski definition) is 0. The Kier molecular flexibility index (Phi) is 3.60. The third-order valence-corrected chi connectivity index (χ3v) is 3.37. The van der Waals surface area contributed by atoms with E-state index in [2.05, 4.69) is 33.9 Å². The summed E-state index contributed by atoms with van der Waals surface area (Å²) in [7, 11) is 0. The summed E-state index contributed by atoms with van der Waals surface area (Å²) < 4.78 is 5.77. The lowest BCUT2D eigenvalue weighted by Crippen LogP contribution is -2.46. The predicted octanol–water partition coefficient (Wildman–Crippen LogP) is 2.15. The Bertz CT molecular complexity index is 565. The van der Waals surface area contributed by atoms with Crippen LogP contribution >= 0.6 is 0 Å². The highest BCUT2D eigenvalue weighted by Gasteiger charge is 2.25. The van der Waals surface area contributed by atoms with Crippen molar-refractivity contribution in [3.05, 3.63) is 36.7 Å². The van der Waals surface area contributed by atoms with Crippen molar-refractivity contribution in [3.8, 4) is 11.3 Å². The Morgan fingerprint density at radius 1 is 1.10 bits per heavy atom.